The van der Waals surface area contributed by atoms with Crippen LogP contribution in [0, 0.1) is 0 Å². The van der Waals surface area contributed by atoms with Gasteiger partial charge in [-0.3, -0.25) is 9.97 Å². The minimum Gasteiger partial charge on any atom is -0.456 e. The van der Waals surface area contributed by atoms with E-state index < -0.39 is 0 Å². The van der Waals surface area contributed by atoms with Crippen LogP contribution in [-0.2, 0) is 0 Å². The average Bonchev–Trinajstić information content (AvgIpc) is 4.00. The molecule has 4 heteroatoms. The molecule has 0 bridgehead atoms. The standard InChI is InChI=1S/C64H38N2O2/c1-3-23-57-53(19-1)61-49(21-9-25-59(61)67-57)47-17-7-15-43(35-47)39-11-5-13-41(33-39)45-27-29-51-55(37-45)56-38-46(28-30-52(56)64-63(51)65-31-32-66-64)42-14-6-12-40(34-42)44-16-8-18-48(36-44)50-22-10-26-60-62(50)54-20-2-4-24-58(54)68-60/h1-38H. The second kappa shape index (κ2) is 15.2. The van der Waals surface area contributed by atoms with Gasteiger partial charge in [0.2, 0.25) is 0 Å². The molecule has 0 aliphatic rings. The average molecular weight is 867 g/mol. The highest BCUT2D eigenvalue weighted by atomic mass is 16.3. The van der Waals surface area contributed by atoms with Crippen LogP contribution in [0.4, 0.5) is 0 Å². The van der Waals surface area contributed by atoms with Gasteiger partial charge >= 0.3 is 0 Å². The zero-order valence-corrected chi connectivity index (χ0v) is 36.7. The van der Waals surface area contributed by atoms with Gasteiger partial charge in [0.15, 0.2) is 0 Å². The van der Waals surface area contributed by atoms with Gasteiger partial charge in [0.05, 0.1) is 11.0 Å². The number of hydrogen-bond donors (Lipinski definition) is 0. The summed E-state index contributed by atoms with van der Waals surface area (Å²) < 4.78 is 12.5. The second-order valence-corrected chi connectivity index (χ2v) is 17.7. The summed E-state index contributed by atoms with van der Waals surface area (Å²) in [5.41, 5.74) is 19.2. The van der Waals surface area contributed by atoms with Crippen LogP contribution in [0.3, 0.4) is 0 Å². The minimum absolute atomic E-state index is 0.898. The van der Waals surface area contributed by atoms with Gasteiger partial charge in [0, 0.05) is 44.7 Å². The van der Waals surface area contributed by atoms with Crippen molar-refractivity contribution in [2.24, 2.45) is 0 Å². The van der Waals surface area contributed by atoms with E-state index in [1.807, 2.05) is 24.3 Å². The third kappa shape index (κ3) is 6.15. The molecular formula is C64H38N2O2. The molecule has 0 atom stereocenters. The van der Waals surface area contributed by atoms with E-state index in [9.17, 15) is 0 Å². The normalized spacial score (nSPS) is 11.8. The predicted octanol–water partition coefficient (Wildman–Crippen LogP) is 17.7. The first-order valence-electron chi connectivity index (χ1n) is 23.0. The van der Waals surface area contributed by atoms with Crippen LogP contribution in [0.2, 0.25) is 0 Å². The van der Waals surface area contributed by atoms with Crippen LogP contribution < -0.4 is 0 Å². The molecule has 11 aromatic carbocycles. The number of rotatable bonds is 6. The lowest BCUT2D eigenvalue weighted by Gasteiger charge is -2.14. The van der Waals surface area contributed by atoms with Gasteiger partial charge in [-0.05, 0) is 138 Å². The Morgan fingerprint density at radius 3 is 1.00 bits per heavy atom. The molecule has 0 saturated heterocycles. The molecule has 3 aromatic heterocycles. The Bertz CT molecular complexity index is 4070. The van der Waals surface area contributed by atoms with Gasteiger partial charge in [0.25, 0.3) is 0 Å². The van der Waals surface area contributed by atoms with Crippen molar-refractivity contribution in [1.29, 1.82) is 0 Å². The number of para-hydroxylation sites is 2. The zero-order chi connectivity index (χ0) is 44.7. The Morgan fingerprint density at radius 2 is 0.574 bits per heavy atom. The van der Waals surface area contributed by atoms with E-state index in [2.05, 4.69) is 194 Å². The summed E-state index contributed by atoms with van der Waals surface area (Å²) in [7, 11) is 0. The maximum Gasteiger partial charge on any atom is 0.136 e. The molecule has 68 heavy (non-hydrogen) atoms. The number of nitrogens with zero attached hydrogens (tertiary/aromatic N) is 2. The number of furan rings is 2. The maximum atomic E-state index is 6.25. The fourth-order valence-electron chi connectivity index (χ4n) is 10.6. The topological polar surface area (TPSA) is 52.1 Å². The molecule has 0 aliphatic heterocycles. The van der Waals surface area contributed by atoms with Crippen LogP contribution in [0.5, 0.6) is 0 Å². The third-order valence-corrected chi connectivity index (χ3v) is 13.7. The van der Waals surface area contributed by atoms with Crippen molar-refractivity contribution in [2.75, 3.05) is 0 Å². The van der Waals surface area contributed by atoms with Crippen molar-refractivity contribution in [3.63, 3.8) is 0 Å². The summed E-state index contributed by atoms with van der Waals surface area (Å²) in [6, 6.07) is 78.2. The summed E-state index contributed by atoms with van der Waals surface area (Å²) in [4.78, 5) is 9.78. The second-order valence-electron chi connectivity index (χ2n) is 17.7. The smallest absolute Gasteiger partial charge is 0.136 e. The van der Waals surface area contributed by atoms with Gasteiger partial charge in [-0.2, -0.15) is 0 Å². The number of fused-ring (bicyclic) bond motifs is 12. The highest BCUT2D eigenvalue weighted by Crippen LogP contribution is 2.42. The molecule has 0 amide bonds. The highest BCUT2D eigenvalue weighted by Gasteiger charge is 2.17. The molecule has 0 saturated carbocycles. The third-order valence-electron chi connectivity index (χ3n) is 13.7. The summed E-state index contributed by atoms with van der Waals surface area (Å²) in [6.45, 7) is 0. The fraction of sp³-hybridized carbons (Fsp3) is 0. The minimum atomic E-state index is 0.898. The number of benzene rings is 11. The van der Waals surface area contributed by atoms with Crippen molar-refractivity contribution < 1.29 is 8.83 Å². The van der Waals surface area contributed by atoms with Crippen molar-refractivity contribution >= 4 is 76.5 Å². The van der Waals surface area contributed by atoms with Gasteiger partial charge in [-0.15, -0.1) is 0 Å². The molecule has 316 valence electrons. The molecular weight excluding hydrogens is 829 g/mol. The predicted molar refractivity (Wildman–Crippen MR) is 282 cm³/mol. The van der Waals surface area contributed by atoms with Crippen LogP contribution in [0.1, 0.15) is 0 Å². The maximum absolute atomic E-state index is 6.25. The zero-order valence-electron chi connectivity index (χ0n) is 36.7. The Labute approximate surface area is 391 Å². The quantitative estimate of drug-likeness (QED) is 0.156. The summed E-state index contributed by atoms with van der Waals surface area (Å²) in [6.07, 6.45) is 3.59. The largest absolute Gasteiger partial charge is 0.456 e. The van der Waals surface area contributed by atoms with E-state index in [-0.39, 0.29) is 0 Å². The Balaban J connectivity index is 0.852. The number of aromatic nitrogens is 2. The molecule has 14 rings (SSSR count). The Kier molecular flexibility index (Phi) is 8.55. The van der Waals surface area contributed by atoms with E-state index >= 15 is 0 Å². The van der Waals surface area contributed by atoms with E-state index in [4.69, 9.17) is 18.8 Å². The first-order valence-corrected chi connectivity index (χ1v) is 23.0. The highest BCUT2D eigenvalue weighted by molar-refractivity contribution is 6.24. The van der Waals surface area contributed by atoms with Crippen LogP contribution in [0.15, 0.2) is 240 Å². The van der Waals surface area contributed by atoms with Gasteiger partial charge in [-0.1, -0.05) is 158 Å². The van der Waals surface area contributed by atoms with E-state index in [1.54, 1.807) is 12.4 Å². The molecule has 4 nitrogen and oxygen atoms in total. The lowest BCUT2D eigenvalue weighted by molar-refractivity contribution is 0.668. The van der Waals surface area contributed by atoms with Crippen molar-refractivity contribution in [3.8, 4) is 66.8 Å². The summed E-state index contributed by atoms with van der Waals surface area (Å²) in [5, 5.41) is 8.99. The SMILES string of the molecule is c1cc(-c2cccc(-c3cccc4oc5ccccc5c34)c2)cc(-c2ccc3c(c2)c2cc(-c4cccc(-c5cccc(-c6cccc7oc8ccccc8c67)c5)c4)ccc2c2nccnc32)c1. The van der Waals surface area contributed by atoms with Crippen LogP contribution in [0.25, 0.3) is 143 Å². The van der Waals surface area contributed by atoms with E-state index in [0.717, 1.165) is 143 Å². The van der Waals surface area contributed by atoms with E-state index in [1.165, 1.54) is 0 Å². The van der Waals surface area contributed by atoms with Crippen molar-refractivity contribution in [2.45, 2.75) is 0 Å². The molecule has 0 unspecified atom stereocenters. The van der Waals surface area contributed by atoms with Gasteiger partial charge < -0.3 is 8.83 Å². The van der Waals surface area contributed by atoms with Crippen LogP contribution in [-0.4, -0.2) is 9.97 Å². The van der Waals surface area contributed by atoms with Gasteiger partial charge in [0.1, 0.15) is 22.3 Å². The molecule has 0 fully saturated rings. The van der Waals surface area contributed by atoms with Crippen LogP contribution >= 0.6 is 0 Å². The molecule has 0 aliphatic carbocycles. The Hall–Kier alpha value is -9.12. The monoisotopic (exact) mass is 866 g/mol. The molecule has 3 heterocycles. The Morgan fingerprint density at radius 1 is 0.235 bits per heavy atom. The first kappa shape index (κ1) is 38.2. The summed E-state index contributed by atoms with van der Waals surface area (Å²) in [5.74, 6) is 0. The molecule has 0 spiro atoms. The molecule has 0 radical (unpaired) electrons. The number of hydrogen-bond acceptors (Lipinski definition) is 4. The fourth-order valence-corrected chi connectivity index (χ4v) is 10.6. The lowest BCUT2D eigenvalue weighted by atomic mass is 9.91. The molecule has 0 N–H and O–H groups in total. The van der Waals surface area contributed by atoms with Crippen molar-refractivity contribution in [3.05, 3.63) is 231 Å². The molecule has 14 aromatic rings. The van der Waals surface area contributed by atoms with E-state index in [0.29, 0.717) is 0 Å². The van der Waals surface area contributed by atoms with Crippen molar-refractivity contribution in [1.82, 2.24) is 9.97 Å². The lowest BCUT2D eigenvalue weighted by Crippen LogP contribution is -1.90. The first-order chi connectivity index (χ1) is 33.7. The van der Waals surface area contributed by atoms with Gasteiger partial charge in [-0.25, -0.2) is 0 Å². The summed E-state index contributed by atoms with van der Waals surface area (Å²) >= 11 is 0.